The van der Waals surface area contributed by atoms with Gasteiger partial charge >= 0.3 is 0 Å². The summed E-state index contributed by atoms with van der Waals surface area (Å²) in [6.07, 6.45) is 1.50. The van der Waals surface area contributed by atoms with E-state index in [9.17, 15) is 14.9 Å². The average Bonchev–Trinajstić information content (AvgIpc) is 2.87. The SMILES string of the molecule is COc1cc(C=NNC(=O)CCC(=O)Nc2ccccc2)cc(Br)c1OCc1ccccc1C#N. The number of anilines is 1. The zero-order valence-corrected chi connectivity index (χ0v) is 20.5. The first-order valence-electron chi connectivity index (χ1n) is 10.6. The zero-order chi connectivity index (χ0) is 25.0. The van der Waals surface area contributed by atoms with Crippen LogP contribution < -0.4 is 20.2 Å². The van der Waals surface area contributed by atoms with E-state index in [1.54, 1.807) is 36.4 Å². The van der Waals surface area contributed by atoms with Crippen LogP contribution in [0.5, 0.6) is 11.5 Å². The van der Waals surface area contributed by atoms with E-state index >= 15 is 0 Å². The van der Waals surface area contributed by atoms with Crippen molar-refractivity contribution in [2.24, 2.45) is 5.10 Å². The maximum atomic E-state index is 12.0. The summed E-state index contributed by atoms with van der Waals surface area (Å²) in [6, 6.07) is 21.8. The van der Waals surface area contributed by atoms with Gasteiger partial charge in [-0.05, 0) is 51.8 Å². The molecule has 0 atom stereocenters. The first kappa shape index (κ1) is 25.5. The van der Waals surface area contributed by atoms with Crippen molar-refractivity contribution in [2.75, 3.05) is 12.4 Å². The summed E-state index contributed by atoms with van der Waals surface area (Å²) in [4.78, 5) is 24.0. The molecule has 0 aliphatic rings. The number of methoxy groups -OCH3 is 1. The quantitative estimate of drug-likeness (QED) is 0.287. The van der Waals surface area contributed by atoms with Crippen LogP contribution in [0.3, 0.4) is 0 Å². The van der Waals surface area contributed by atoms with Gasteiger partial charge in [0.25, 0.3) is 0 Å². The van der Waals surface area contributed by atoms with Gasteiger partial charge in [-0.3, -0.25) is 9.59 Å². The molecule has 2 amide bonds. The van der Waals surface area contributed by atoms with E-state index in [1.807, 2.05) is 30.3 Å². The molecule has 9 heteroatoms. The third kappa shape index (κ3) is 7.69. The van der Waals surface area contributed by atoms with Gasteiger partial charge in [0, 0.05) is 24.1 Å². The van der Waals surface area contributed by atoms with Gasteiger partial charge in [0.1, 0.15) is 6.61 Å². The molecular formula is C26H23BrN4O4. The highest BCUT2D eigenvalue weighted by molar-refractivity contribution is 9.10. The second-order valence-electron chi connectivity index (χ2n) is 7.30. The van der Waals surface area contributed by atoms with Crippen molar-refractivity contribution in [3.05, 3.63) is 87.9 Å². The fourth-order valence-corrected chi connectivity index (χ4v) is 3.64. The highest BCUT2D eigenvalue weighted by Gasteiger charge is 2.13. The third-order valence-electron chi connectivity index (χ3n) is 4.80. The van der Waals surface area contributed by atoms with E-state index < -0.39 is 0 Å². The Morgan fingerprint density at radius 2 is 1.77 bits per heavy atom. The van der Waals surface area contributed by atoms with Gasteiger partial charge in [-0.15, -0.1) is 0 Å². The Hall–Kier alpha value is -4.16. The van der Waals surface area contributed by atoms with Crippen LogP contribution >= 0.6 is 15.9 Å². The first-order chi connectivity index (χ1) is 17.0. The van der Waals surface area contributed by atoms with Crippen LogP contribution in [0.15, 0.2) is 76.3 Å². The standard InChI is InChI=1S/C26H23BrN4O4/c1-34-23-14-18(13-22(27)26(23)35-17-20-8-6-5-7-19(20)15-28)16-29-31-25(33)12-11-24(32)30-21-9-3-2-4-10-21/h2-10,13-14,16H,11-12,17H2,1H3,(H,30,32)(H,31,33). The molecule has 0 aromatic heterocycles. The number of rotatable bonds is 10. The van der Waals surface area contributed by atoms with Crippen LogP contribution in [-0.4, -0.2) is 25.1 Å². The summed E-state index contributed by atoms with van der Waals surface area (Å²) in [5, 5.41) is 15.9. The third-order valence-corrected chi connectivity index (χ3v) is 5.39. The molecule has 8 nitrogen and oxygen atoms in total. The Kier molecular flexibility index (Phi) is 9.39. The molecule has 2 N–H and O–H groups in total. The van der Waals surface area contributed by atoms with Gasteiger partial charge in [0.2, 0.25) is 11.8 Å². The number of halogens is 1. The maximum absolute atomic E-state index is 12.0. The molecule has 0 fully saturated rings. The number of hydrogen-bond donors (Lipinski definition) is 2. The molecule has 3 aromatic rings. The smallest absolute Gasteiger partial charge is 0.240 e. The lowest BCUT2D eigenvalue weighted by Crippen LogP contribution is -2.20. The molecule has 0 aliphatic heterocycles. The molecule has 178 valence electrons. The number of hydrogen-bond acceptors (Lipinski definition) is 6. The zero-order valence-electron chi connectivity index (χ0n) is 19.0. The second-order valence-corrected chi connectivity index (χ2v) is 8.15. The van der Waals surface area contributed by atoms with Crippen molar-refractivity contribution in [1.82, 2.24) is 5.43 Å². The summed E-state index contributed by atoms with van der Waals surface area (Å²) >= 11 is 3.47. The lowest BCUT2D eigenvalue weighted by atomic mass is 10.1. The van der Waals surface area contributed by atoms with Crippen LogP contribution in [0.2, 0.25) is 0 Å². The molecule has 0 bridgehead atoms. The van der Waals surface area contributed by atoms with Crippen molar-refractivity contribution in [3.63, 3.8) is 0 Å². The molecule has 0 saturated carbocycles. The topological polar surface area (TPSA) is 113 Å². The number of ether oxygens (including phenoxy) is 2. The maximum Gasteiger partial charge on any atom is 0.240 e. The number of para-hydroxylation sites is 1. The number of nitrogens with one attached hydrogen (secondary N) is 2. The van der Waals surface area contributed by atoms with Crippen molar-refractivity contribution in [1.29, 1.82) is 5.26 Å². The molecule has 0 radical (unpaired) electrons. The molecule has 0 saturated heterocycles. The summed E-state index contributed by atoms with van der Waals surface area (Å²) in [6.45, 7) is 0.194. The fraction of sp³-hybridized carbons (Fsp3) is 0.154. The van der Waals surface area contributed by atoms with Crippen molar-refractivity contribution in [3.8, 4) is 17.6 Å². The van der Waals surface area contributed by atoms with Gasteiger partial charge in [0.05, 0.1) is 29.4 Å². The number of nitrogens with zero attached hydrogens (tertiary/aromatic N) is 2. The molecule has 3 rings (SSSR count). The number of benzene rings is 3. The Morgan fingerprint density at radius 3 is 2.51 bits per heavy atom. The van der Waals surface area contributed by atoms with E-state index in [0.717, 1.165) is 5.56 Å². The normalized spacial score (nSPS) is 10.4. The molecule has 3 aromatic carbocycles. The minimum absolute atomic E-state index is 0.0000282. The molecule has 0 unspecified atom stereocenters. The number of amides is 2. The molecular weight excluding hydrogens is 512 g/mol. The van der Waals surface area contributed by atoms with Gasteiger partial charge < -0.3 is 14.8 Å². The molecule has 0 heterocycles. The summed E-state index contributed by atoms with van der Waals surface area (Å²) in [5.74, 6) is 0.300. The van der Waals surface area contributed by atoms with Gasteiger partial charge in [-0.1, -0.05) is 36.4 Å². The number of carbonyl (C=O) groups is 2. The Labute approximate surface area is 211 Å². The minimum atomic E-state index is -0.383. The van der Waals surface area contributed by atoms with E-state index in [0.29, 0.717) is 32.8 Å². The number of nitriles is 1. The van der Waals surface area contributed by atoms with Crippen LogP contribution in [0, 0.1) is 11.3 Å². The predicted octanol–water partition coefficient (Wildman–Crippen LogP) is 4.78. The summed E-state index contributed by atoms with van der Waals surface area (Å²) in [5.41, 5.74) is 5.05. The van der Waals surface area contributed by atoms with Gasteiger partial charge in [-0.2, -0.15) is 10.4 Å². The van der Waals surface area contributed by atoms with E-state index in [-0.39, 0.29) is 31.3 Å². The highest BCUT2D eigenvalue weighted by atomic mass is 79.9. The van der Waals surface area contributed by atoms with E-state index in [2.05, 4.69) is 37.8 Å². The lowest BCUT2D eigenvalue weighted by Gasteiger charge is -2.14. The monoisotopic (exact) mass is 534 g/mol. The predicted molar refractivity (Wildman–Crippen MR) is 136 cm³/mol. The largest absolute Gasteiger partial charge is 0.493 e. The van der Waals surface area contributed by atoms with Crippen molar-refractivity contribution in [2.45, 2.75) is 19.4 Å². The van der Waals surface area contributed by atoms with Gasteiger partial charge in [0.15, 0.2) is 11.5 Å². The van der Waals surface area contributed by atoms with Crippen LogP contribution in [0.25, 0.3) is 0 Å². The Morgan fingerprint density at radius 1 is 1.06 bits per heavy atom. The van der Waals surface area contributed by atoms with Crippen LogP contribution in [0.4, 0.5) is 5.69 Å². The summed E-state index contributed by atoms with van der Waals surface area (Å²) in [7, 11) is 1.51. The molecule has 0 spiro atoms. The molecule has 35 heavy (non-hydrogen) atoms. The van der Waals surface area contributed by atoms with Crippen LogP contribution in [0.1, 0.15) is 29.5 Å². The highest BCUT2D eigenvalue weighted by Crippen LogP contribution is 2.37. The minimum Gasteiger partial charge on any atom is -0.493 e. The fourth-order valence-electron chi connectivity index (χ4n) is 3.07. The lowest BCUT2D eigenvalue weighted by molar-refractivity contribution is -0.124. The second kappa shape index (κ2) is 12.9. The molecule has 0 aliphatic carbocycles. The number of hydrazone groups is 1. The Bertz CT molecular complexity index is 1260. The Balaban J connectivity index is 1.54. The number of carbonyl (C=O) groups excluding carboxylic acids is 2. The van der Waals surface area contributed by atoms with Crippen LogP contribution in [-0.2, 0) is 16.2 Å². The van der Waals surface area contributed by atoms with Crippen molar-refractivity contribution < 1.29 is 19.1 Å². The van der Waals surface area contributed by atoms with Crippen molar-refractivity contribution >= 4 is 39.6 Å². The first-order valence-corrected chi connectivity index (χ1v) is 11.4. The average molecular weight is 535 g/mol. The van der Waals surface area contributed by atoms with Gasteiger partial charge in [-0.25, -0.2) is 5.43 Å². The van der Waals surface area contributed by atoms with E-state index in [4.69, 9.17) is 9.47 Å². The van der Waals surface area contributed by atoms with E-state index in [1.165, 1.54) is 13.3 Å². The summed E-state index contributed by atoms with van der Waals surface area (Å²) < 4.78 is 12.0.